The SMILES string of the molecule is CC(C)(C)OC(=O)NCC(=Cc1cccnc1C(F)(F)F)B1OC(C)(C)C(C)(C)O1. The second-order valence-electron chi connectivity index (χ2n) is 9.10. The van der Waals surface area contributed by atoms with Crippen molar-refractivity contribution in [2.24, 2.45) is 0 Å². The van der Waals surface area contributed by atoms with Crippen molar-refractivity contribution in [3.05, 3.63) is 35.1 Å². The number of alkyl halides is 3. The van der Waals surface area contributed by atoms with E-state index in [1.807, 2.05) is 27.7 Å². The van der Waals surface area contributed by atoms with Crippen molar-refractivity contribution in [2.75, 3.05) is 6.54 Å². The lowest BCUT2D eigenvalue weighted by molar-refractivity contribution is -0.141. The average molecular weight is 428 g/mol. The van der Waals surface area contributed by atoms with Crippen LogP contribution in [0.4, 0.5) is 18.0 Å². The molecule has 0 aromatic carbocycles. The van der Waals surface area contributed by atoms with Crippen LogP contribution in [0.2, 0.25) is 0 Å². The summed E-state index contributed by atoms with van der Waals surface area (Å²) in [6.45, 7) is 12.3. The summed E-state index contributed by atoms with van der Waals surface area (Å²) in [7, 11) is -0.953. The van der Waals surface area contributed by atoms with Crippen molar-refractivity contribution in [1.29, 1.82) is 0 Å². The van der Waals surface area contributed by atoms with Crippen LogP contribution >= 0.6 is 0 Å². The summed E-state index contributed by atoms with van der Waals surface area (Å²) in [5.41, 5.74) is -3.00. The molecule has 1 aromatic rings. The first-order chi connectivity index (χ1) is 13.5. The molecule has 1 aliphatic rings. The monoisotopic (exact) mass is 428 g/mol. The van der Waals surface area contributed by atoms with Gasteiger partial charge in [-0.2, -0.15) is 13.2 Å². The van der Waals surface area contributed by atoms with Gasteiger partial charge in [0.2, 0.25) is 0 Å². The number of pyridine rings is 1. The number of rotatable bonds is 4. The van der Waals surface area contributed by atoms with Gasteiger partial charge in [0.05, 0.1) is 11.2 Å². The molecular formula is C20H28BF3N2O4. The fourth-order valence-corrected chi connectivity index (χ4v) is 2.66. The molecule has 10 heteroatoms. The van der Waals surface area contributed by atoms with Gasteiger partial charge in [-0.3, -0.25) is 4.98 Å². The maximum atomic E-state index is 13.4. The highest BCUT2D eigenvalue weighted by Gasteiger charge is 2.52. The first-order valence-electron chi connectivity index (χ1n) is 9.57. The molecule has 0 atom stereocenters. The fourth-order valence-electron chi connectivity index (χ4n) is 2.66. The van der Waals surface area contributed by atoms with Gasteiger partial charge >= 0.3 is 19.4 Å². The van der Waals surface area contributed by atoms with E-state index < -0.39 is 41.9 Å². The van der Waals surface area contributed by atoms with Crippen LogP contribution in [-0.2, 0) is 20.2 Å². The van der Waals surface area contributed by atoms with E-state index in [0.29, 0.717) is 5.47 Å². The second-order valence-corrected chi connectivity index (χ2v) is 9.10. The van der Waals surface area contributed by atoms with Gasteiger partial charge in [-0.1, -0.05) is 12.1 Å². The standard InChI is InChI=1S/C20H28BF3N2O4/c1-17(2,3)28-16(27)26-12-14(21-29-18(4,5)19(6,7)30-21)11-13-9-8-10-25-15(13)20(22,23)24/h8-11H,12H2,1-7H3,(H,26,27). The van der Waals surface area contributed by atoms with Crippen LogP contribution in [0.3, 0.4) is 0 Å². The maximum absolute atomic E-state index is 13.4. The third-order valence-corrected chi connectivity index (χ3v) is 4.84. The number of alkyl carbamates (subject to hydrolysis) is 1. The molecule has 0 unspecified atom stereocenters. The number of hydrogen-bond donors (Lipinski definition) is 1. The van der Waals surface area contributed by atoms with Gasteiger partial charge in [-0.05, 0) is 60.0 Å². The van der Waals surface area contributed by atoms with Crippen LogP contribution in [0.5, 0.6) is 0 Å². The maximum Gasteiger partial charge on any atom is 0.492 e. The Bertz CT molecular complexity index is 801. The predicted molar refractivity (Wildman–Crippen MR) is 108 cm³/mol. The molecule has 0 radical (unpaired) electrons. The number of hydrogen-bond acceptors (Lipinski definition) is 5. The van der Waals surface area contributed by atoms with Crippen molar-refractivity contribution < 1.29 is 32.0 Å². The number of aromatic nitrogens is 1. The highest BCUT2D eigenvalue weighted by Crippen LogP contribution is 2.39. The molecule has 1 fully saturated rings. The summed E-state index contributed by atoms with van der Waals surface area (Å²) in [6.07, 6.45) is -2.97. The normalized spacial score (nSPS) is 19.0. The third kappa shape index (κ3) is 5.98. The van der Waals surface area contributed by atoms with Crippen molar-refractivity contribution in [3.8, 4) is 0 Å². The fraction of sp³-hybridized carbons (Fsp3) is 0.600. The molecule has 1 saturated heterocycles. The molecule has 1 amide bonds. The number of carbonyl (C=O) groups excluding carboxylic acids is 1. The van der Waals surface area contributed by atoms with Gasteiger partial charge in [0, 0.05) is 18.3 Å². The lowest BCUT2D eigenvalue weighted by atomic mass is 9.77. The molecule has 6 nitrogen and oxygen atoms in total. The smallest absolute Gasteiger partial charge is 0.444 e. The first kappa shape index (κ1) is 24.2. The Morgan fingerprint density at radius 2 is 1.77 bits per heavy atom. The molecule has 0 spiro atoms. The molecule has 1 N–H and O–H groups in total. The van der Waals surface area contributed by atoms with E-state index in [1.165, 1.54) is 18.2 Å². The van der Waals surface area contributed by atoms with Crippen molar-refractivity contribution in [1.82, 2.24) is 10.3 Å². The highest BCUT2D eigenvalue weighted by atomic mass is 19.4. The van der Waals surface area contributed by atoms with Crippen LogP contribution in [0.15, 0.2) is 23.8 Å². The Kier molecular flexibility index (Phi) is 6.64. The number of nitrogens with one attached hydrogen (secondary N) is 1. The molecule has 1 aliphatic heterocycles. The zero-order valence-corrected chi connectivity index (χ0v) is 18.3. The minimum absolute atomic E-state index is 0.127. The van der Waals surface area contributed by atoms with Gasteiger partial charge in [-0.25, -0.2) is 4.79 Å². The van der Waals surface area contributed by atoms with E-state index in [-0.39, 0.29) is 12.1 Å². The third-order valence-electron chi connectivity index (χ3n) is 4.84. The number of ether oxygens (including phenoxy) is 1. The van der Waals surface area contributed by atoms with Crippen molar-refractivity contribution in [2.45, 2.75) is 71.4 Å². The molecule has 0 aliphatic carbocycles. The van der Waals surface area contributed by atoms with E-state index >= 15 is 0 Å². The topological polar surface area (TPSA) is 69.7 Å². The molecule has 30 heavy (non-hydrogen) atoms. The lowest BCUT2D eigenvalue weighted by Gasteiger charge is -2.32. The predicted octanol–water partition coefficient (Wildman–Crippen LogP) is 4.64. The zero-order valence-electron chi connectivity index (χ0n) is 18.3. The second kappa shape index (κ2) is 8.22. The molecule has 0 saturated carbocycles. The van der Waals surface area contributed by atoms with Gasteiger partial charge in [0.25, 0.3) is 0 Å². The minimum atomic E-state index is -4.63. The van der Waals surface area contributed by atoms with Gasteiger partial charge in [-0.15, -0.1) is 0 Å². The summed E-state index contributed by atoms with van der Waals surface area (Å²) < 4.78 is 57.3. The molecule has 2 heterocycles. The zero-order chi connectivity index (χ0) is 23.0. The Labute approximate surface area is 175 Å². The minimum Gasteiger partial charge on any atom is -0.444 e. The number of carbonyl (C=O) groups is 1. The molecule has 0 bridgehead atoms. The van der Waals surface area contributed by atoms with E-state index in [0.717, 1.165) is 6.20 Å². The van der Waals surface area contributed by atoms with E-state index in [4.69, 9.17) is 14.0 Å². The van der Waals surface area contributed by atoms with E-state index in [1.54, 1.807) is 20.8 Å². The van der Waals surface area contributed by atoms with Crippen molar-refractivity contribution >= 4 is 19.3 Å². The van der Waals surface area contributed by atoms with Gasteiger partial charge in [0.1, 0.15) is 5.60 Å². The van der Waals surface area contributed by atoms with Crippen LogP contribution in [-0.4, -0.2) is 41.5 Å². The summed E-state index contributed by atoms with van der Waals surface area (Å²) in [6, 6.07) is 2.71. The molecular weight excluding hydrogens is 400 g/mol. The molecule has 1 aromatic heterocycles. The summed E-state index contributed by atoms with van der Waals surface area (Å²) in [5, 5.41) is 2.56. The quantitative estimate of drug-likeness (QED) is 0.708. The number of amides is 1. The Morgan fingerprint density at radius 3 is 2.27 bits per heavy atom. The summed E-state index contributed by atoms with van der Waals surface area (Å²) in [5.74, 6) is 0. The van der Waals surface area contributed by atoms with E-state index in [9.17, 15) is 18.0 Å². The molecule has 2 rings (SSSR count). The number of halogens is 3. The Balaban J connectivity index is 2.38. The average Bonchev–Trinajstić information content (AvgIpc) is 2.77. The van der Waals surface area contributed by atoms with Crippen LogP contribution < -0.4 is 5.32 Å². The lowest BCUT2D eigenvalue weighted by Crippen LogP contribution is -2.41. The summed E-state index contributed by atoms with van der Waals surface area (Å²) >= 11 is 0. The Morgan fingerprint density at radius 1 is 1.20 bits per heavy atom. The summed E-state index contributed by atoms with van der Waals surface area (Å²) in [4.78, 5) is 15.5. The van der Waals surface area contributed by atoms with E-state index in [2.05, 4.69) is 10.3 Å². The molecule has 166 valence electrons. The first-order valence-corrected chi connectivity index (χ1v) is 9.57. The van der Waals surface area contributed by atoms with Gasteiger partial charge in [0.15, 0.2) is 5.69 Å². The Hall–Kier alpha value is -2.07. The largest absolute Gasteiger partial charge is 0.492 e. The van der Waals surface area contributed by atoms with Crippen LogP contribution in [0.25, 0.3) is 6.08 Å². The highest BCUT2D eigenvalue weighted by molar-refractivity contribution is 6.56. The number of nitrogens with zero attached hydrogens (tertiary/aromatic N) is 1. The van der Waals surface area contributed by atoms with Crippen LogP contribution in [0.1, 0.15) is 59.7 Å². The van der Waals surface area contributed by atoms with Crippen molar-refractivity contribution in [3.63, 3.8) is 0 Å². The van der Waals surface area contributed by atoms with Gasteiger partial charge < -0.3 is 19.4 Å². The van der Waals surface area contributed by atoms with Crippen LogP contribution in [0, 0.1) is 0 Å².